The number of amides is 7. The molecule has 2 saturated heterocycles. The maximum Gasteiger partial charge on any atom is 0.240 e. The normalized spacial score (nSPS) is 20.2. The van der Waals surface area contributed by atoms with Gasteiger partial charge in [0.2, 0.25) is 41.4 Å². The van der Waals surface area contributed by atoms with Crippen LogP contribution in [0.5, 0.6) is 0 Å². The average Bonchev–Trinajstić information content (AvgIpc) is 3.93. The van der Waals surface area contributed by atoms with Gasteiger partial charge in [0.1, 0.15) is 17.9 Å². The van der Waals surface area contributed by atoms with Crippen molar-refractivity contribution in [1.82, 2.24) is 25.8 Å². The number of hydrogen-bond donors (Lipinski definition) is 6. The zero-order valence-corrected chi connectivity index (χ0v) is 56.3. The first-order chi connectivity index (χ1) is 40.2. The van der Waals surface area contributed by atoms with Crippen molar-refractivity contribution >= 4 is 87.5 Å². The van der Waals surface area contributed by atoms with E-state index < -0.39 is 23.9 Å². The third kappa shape index (κ3) is 49.7. The summed E-state index contributed by atoms with van der Waals surface area (Å²) in [6, 6.07) is -1.12. The van der Waals surface area contributed by atoms with Gasteiger partial charge in [-0.2, -0.15) is 12.6 Å². The molecule has 18 heteroatoms. The standard InChI is InChI=1S/2C18H36.C14H24N4O4S.C11H19N3O3S.C4H7BrO.2CH4/c2*1-2-4-6-8-10-12-14-16-18-17-15-13-11-9-7-5-3-1;1-3-10(14(15)22)18-6-9(4-13(18)21)5-17-12(20)8-23-7-11(19)16-2;1-2-8(11(12)17)14-5-7(3-10(14)16)4-13-9(15)6-18;1-2-4(6)3-5;;/h2*1-18H2;9-10H,3-8H2,1-2H3,(H2,15,22)(H,16,19)(H,17,20);7-8,18H,2-6H2,1H3,(H2,12,17)(H,13,15);2-3H2,1H3;2*1H4/t;;9?,10-;7?,8-;;;/m..11.../s1. The first-order valence-electron chi connectivity index (χ1n) is 33.4. The molecule has 2 saturated carbocycles. The highest BCUT2D eigenvalue weighted by Gasteiger charge is 2.37. The number of hydrogen-bond acceptors (Lipinski definition) is 10. The summed E-state index contributed by atoms with van der Waals surface area (Å²) in [6.45, 7) is 7.16. The molecule has 0 aromatic carbocycles. The monoisotopic (exact) mass is 1300 g/mol. The molecule has 0 spiro atoms. The summed E-state index contributed by atoms with van der Waals surface area (Å²) in [7, 11) is 1.54. The molecule has 7 amide bonds. The molecule has 500 valence electrons. The molecule has 4 aliphatic rings. The fourth-order valence-electron chi connectivity index (χ4n) is 11.0. The number of rotatable bonds is 17. The van der Waals surface area contributed by atoms with Crippen LogP contribution in [-0.4, -0.2) is 125 Å². The minimum atomic E-state index is -0.577. The lowest BCUT2D eigenvalue weighted by Crippen LogP contribution is -2.45. The zero-order valence-electron chi connectivity index (χ0n) is 53.0. The van der Waals surface area contributed by atoms with Crippen molar-refractivity contribution in [2.45, 2.75) is 311 Å². The fourth-order valence-corrected chi connectivity index (χ4v) is 12.3. The van der Waals surface area contributed by atoms with Crippen molar-refractivity contribution in [2.24, 2.45) is 23.3 Å². The van der Waals surface area contributed by atoms with E-state index in [4.69, 9.17) is 11.5 Å². The van der Waals surface area contributed by atoms with Gasteiger partial charge in [0.25, 0.3) is 0 Å². The first kappa shape index (κ1) is 86.3. The van der Waals surface area contributed by atoms with Crippen LogP contribution in [0.1, 0.15) is 299 Å². The van der Waals surface area contributed by atoms with Crippen LogP contribution in [0, 0.1) is 11.8 Å². The van der Waals surface area contributed by atoms with Gasteiger partial charge in [-0.1, -0.05) is 283 Å². The van der Waals surface area contributed by atoms with Gasteiger partial charge in [-0.05, 0) is 12.8 Å². The Balaban J connectivity index is -0.00000102. The fraction of sp³-hybridized carbons (Fsp3) is 0.881. The summed E-state index contributed by atoms with van der Waals surface area (Å²) in [5, 5.41) is 8.43. The van der Waals surface area contributed by atoms with Gasteiger partial charge in [-0.25, -0.2) is 0 Å². The van der Waals surface area contributed by atoms with E-state index in [1.807, 2.05) is 20.8 Å². The number of nitrogens with zero attached hydrogens (tertiary/aromatic N) is 2. The Hall–Kier alpha value is -2.86. The molecule has 0 aromatic heterocycles. The summed E-state index contributed by atoms with van der Waals surface area (Å²) >= 11 is 8.10. The lowest BCUT2D eigenvalue weighted by molar-refractivity contribution is -0.136. The Bertz CT molecular complexity index is 1510. The van der Waals surface area contributed by atoms with E-state index in [1.165, 1.54) is 253 Å². The number of carbonyl (C=O) groups excluding carboxylic acids is 8. The van der Waals surface area contributed by atoms with E-state index in [9.17, 15) is 38.4 Å². The number of Topliss-reactive ketones (excluding diaryl/α,β-unsaturated/α-hetero) is 1. The molecular formula is C67H130BrN7O8S2. The van der Waals surface area contributed by atoms with Gasteiger partial charge in [0, 0.05) is 64.3 Å². The van der Waals surface area contributed by atoms with E-state index >= 15 is 0 Å². The number of thiol groups is 1. The van der Waals surface area contributed by atoms with Crippen LogP contribution in [0.15, 0.2) is 0 Å². The van der Waals surface area contributed by atoms with Crippen LogP contribution < -0.4 is 27.4 Å². The number of halogens is 1. The molecule has 2 unspecified atom stereocenters. The van der Waals surface area contributed by atoms with Crippen molar-refractivity contribution < 1.29 is 38.4 Å². The number of nitrogens with two attached hydrogens (primary N) is 2. The zero-order chi connectivity index (χ0) is 61.6. The van der Waals surface area contributed by atoms with Gasteiger partial charge in [-0.15, -0.1) is 11.8 Å². The lowest BCUT2D eigenvalue weighted by atomic mass is 10.0. The predicted octanol–water partition coefficient (Wildman–Crippen LogP) is 14.5. The van der Waals surface area contributed by atoms with Crippen LogP contribution in [0.2, 0.25) is 0 Å². The average molecular weight is 1310 g/mol. The first-order valence-corrected chi connectivity index (χ1v) is 36.3. The summed E-state index contributed by atoms with van der Waals surface area (Å²) in [5.74, 6) is -0.809. The van der Waals surface area contributed by atoms with Crippen molar-refractivity contribution in [1.29, 1.82) is 0 Å². The number of primary amides is 2. The third-order valence-corrected chi connectivity index (χ3v) is 18.1. The highest BCUT2D eigenvalue weighted by molar-refractivity contribution is 9.09. The van der Waals surface area contributed by atoms with Crippen LogP contribution in [0.3, 0.4) is 0 Å². The SMILES string of the molecule is C.C.C1CCCCCCCCCCCCCCCCC1.C1CCCCCCCCCCCCCCCCC1.CCC(=O)CBr.CC[C@H](C(N)=O)N1CC(CNC(=O)CS)CC1=O.CC[C@H](C(N)=O)N1CC(CNC(=O)CSCC(=O)NC)CC1=O. The van der Waals surface area contributed by atoms with E-state index in [1.54, 1.807) is 7.05 Å². The second kappa shape index (κ2) is 61.4. The Labute approximate surface area is 538 Å². The summed E-state index contributed by atoms with van der Waals surface area (Å²) in [5.41, 5.74) is 10.6. The Morgan fingerprint density at radius 3 is 0.918 bits per heavy atom. The molecule has 85 heavy (non-hydrogen) atoms. The van der Waals surface area contributed by atoms with E-state index in [2.05, 4.69) is 44.5 Å². The summed E-state index contributed by atoms with van der Waals surface area (Å²) in [6.07, 6.45) is 56.3. The highest BCUT2D eigenvalue weighted by Crippen LogP contribution is 2.23. The molecule has 7 N–H and O–H groups in total. The quantitative estimate of drug-likeness (QED) is 0.0600. The van der Waals surface area contributed by atoms with Gasteiger partial charge >= 0.3 is 0 Å². The third-order valence-electron chi connectivity index (χ3n) is 16.3. The van der Waals surface area contributed by atoms with Crippen LogP contribution in [0.25, 0.3) is 0 Å². The number of carbonyl (C=O) groups is 8. The van der Waals surface area contributed by atoms with Crippen LogP contribution in [0.4, 0.5) is 0 Å². The summed E-state index contributed by atoms with van der Waals surface area (Å²) < 4.78 is 0. The van der Waals surface area contributed by atoms with Crippen molar-refractivity contribution in [3.05, 3.63) is 0 Å². The molecule has 4 fully saturated rings. The topological polar surface area (TPSA) is 231 Å². The Morgan fingerprint density at radius 1 is 0.482 bits per heavy atom. The highest BCUT2D eigenvalue weighted by atomic mass is 79.9. The van der Waals surface area contributed by atoms with E-state index in [-0.39, 0.29) is 79.3 Å². The molecule has 2 aliphatic carbocycles. The van der Waals surface area contributed by atoms with Gasteiger partial charge in [0.15, 0.2) is 0 Å². The number of nitrogens with one attached hydrogen (secondary N) is 3. The minimum Gasteiger partial charge on any atom is -0.368 e. The maximum absolute atomic E-state index is 12.0. The van der Waals surface area contributed by atoms with Crippen LogP contribution >= 0.6 is 40.3 Å². The molecule has 0 radical (unpaired) electrons. The minimum absolute atomic E-state index is 0. The van der Waals surface area contributed by atoms with Crippen molar-refractivity contribution in [2.75, 3.05) is 55.8 Å². The molecule has 2 heterocycles. The second-order valence-electron chi connectivity index (χ2n) is 23.6. The lowest BCUT2D eigenvalue weighted by Gasteiger charge is -2.24. The Morgan fingerprint density at radius 2 is 0.729 bits per heavy atom. The number of thioether (sulfide) groups is 1. The smallest absolute Gasteiger partial charge is 0.240 e. The predicted molar refractivity (Wildman–Crippen MR) is 366 cm³/mol. The number of ketones is 1. The van der Waals surface area contributed by atoms with Crippen LogP contribution in [-0.2, 0) is 38.4 Å². The van der Waals surface area contributed by atoms with Gasteiger partial charge in [-0.3, -0.25) is 38.4 Å². The van der Waals surface area contributed by atoms with Crippen molar-refractivity contribution in [3.63, 3.8) is 0 Å². The maximum atomic E-state index is 12.0. The molecule has 4 atom stereocenters. The number of alkyl halides is 1. The van der Waals surface area contributed by atoms with E-state index in [0.717, 1.165) is 0 Å². The largest absolute Gasteiger partial charge is 0.368 e. The Kier molecular flexibility index (Phi) is 62.4. The molecule has 4 rings (SSSR count). The molecule has 15 nitrogen and oxygen atoms in total. The van der Waals surface area contributed by atoms with Gasteiger partial charge < -0.3 is 37.2 Å². The van der Waals surface area contributed by atoms with Crippen molar-refractivity contribution in [3.8, 4) is 0 Å². The molecule has 0 bridgehead atoms. The van der Waals surface area contributed by atoms with Gasteiger partial charge in [0.05, 0.1) is 22.6 Å². The molecule has 0 aromatic rings. The summed E-state index contributed by atoms with van der Waals surface area (Å²) in [4.78, 5) is 93.3. The number of likely N-dealkylation sites (tertiary alicyclic amines) is 2. The second-order valence-corrected chi connectivity index (χ2v) is 25.4. The molecular weight excluding hydrogens is 1170 g/mol. The molecule has 2 aliphatic heterocycles. The van der Waals surface area contributed by atoms with E-state index in [0.29, 0.717) is 63.6 Å².